The molecule has 2 aromatic rings. The van der Waals surface area contributed by atoms with Crippen molar-refractivity contribution in [1.29, 1.82) is 0 Å². The highest BCUT2D eigenvalue weighted by Gasteiger charge is 2.33. The third-order valence-electron chi connectivity index (χ3n) is 6.62. The smallest absolute Gasteiger partial charge is 0.244 e. The Morgan fingerprint density at radius 1 is 1.05 bits per heavy atom. The van der Waals surface area contributed by atoms with Crippen LogP contribution in [0.25, 0.3) is 0 Å². The van der Waals surface area contributed by atoms with Gasteiger partial charge in [-0.1, -0.05) is 50.1 Å². The fourth-order valence-electron chi connectivity index (χ4n) is 4.65. The minimum absolute atomic E-state index is 0.101. The average Bonchev–Trinajstić information content (AvgIpc) is 3.39. The molecule has 0 aliphatic heterocycles. The van der Waals surface area contributed by atoms with E-state index in [1.54, 1.807) is 12.1 Å². The van der Waals surface area contributed by atoms with Crippen LogP contribution in [0.15, 0.2) is 48.5 Å². The van der Waals surface area contributed by atoms with Gasteiger partial charge in [-0.15, -0.1) is 0 Å². The lowest BCUT2D eigenvalue weighted by Gasteiger charge is -2.33. The highest BCUT2D eigenvalue weighted by Crippen LogP contribution is 2.34. The van der Waals surface area contributed by atoms with E-state index in [2.05, 4.69) is 5.32 Å². The molecule has 9 nitrogen and oxygen atoms in total. The lowest BCUT2D eigenvalue weighted by molar-refractivity contribution is -0.140. The van der Waals surface area contributed by atoms with E-state index in [1.165, 1.54) is 25.2 Å². The van der Waals surface area contributed by atoms with Gasteiger partial charge in [0.15, 0.2) is 0 Å². The zero-order chi connectivity index (χ0) is 27.0. The number of hydrogen-bond donors (Lipinski definition) is 1. The molecule has 1 aliphatic rings. The normalized spacial score (nSPS) is 14.6. The maximum Gasteiger partial charge on any atom is 0.244 e. The first-order chi connectivity index (χ1) is 17.7. The molecule has 10 heteroatoms. The SMILES string of the molecule is CC[C@@H](C(=O)NC1CCCC1)N(Cc1ccccc1)C(=O)CN(c1cc(OC)ccc1OC)S(C)(=O)=O. The van der Waals surface area contributed by atoms with Crippen molar-refractivity contribution in [3.63, 3.8) is 0 Å². The first kappa shape index (κ1) is 28.3. The number of amides is 2. The molecule has 1 aliphatic carbocycles. The third-order valence-corrected chi connectivity index (χ3v) is 7.74. The number of carbonyl (C=O) groups excluding carboxylic acids is 2. The monoisotopic (exact) mass is 531 g/mol. The predicted octanol–water partition coefficient (Wildman–Crippen LogP) is 3.34. The number of sulfonamides is 1. The highest BCUT2D eigenvalue weighted by molar-refractivity contribution is 7.92. The van der Waals surface area contributed by atoms with E-state index in [4.69, 9.17) is 9.47 Å². The maximum atomic E-state index is 13.8. The van der Waals surface area contributed by atoms with E-state index in [1.807, 2.05) is 37.3 Å². The number of benzene rings is 2. The molecule has 202 valence electrons. The van der Waals surface area contributed by atoms with Crippen molar-refractivity contribution >= 4 is 27.5 Å². The van der Waals surface area contributed by atoms with Gasteiger partial charge in [0, 0.05) is 18.7 Å². The molecular formula is C27H37N3O6S. The second kappa shape index (κ2) is 12.8. The Labute approximate surface area is 219 Å². The second-order valence-corrected chi connectivity index (χ2v) is 11.1. The van der Waals surface area contributed by atoms with Crippen molar-refractivity contribution in [2.24, 2.45) is 0 Å². The van der Waals surface area contributed by atoms with Crippen molar-refractivity contribution in [1.82, 2.24) is 10.2 Å². The van der Waals surface area contributed by atoms with Crippen LogP contribution in [0.3, 0.4) is 0 Å². The first-order valence-corrected chi connectivity index (χ1v) is 14.4. The fourth-order valence-corrected chi connectivity index (χ4v) is 5.50. The van der Waals surface area contributed by atoms with Crippen molar-refractivity contribution in [2.45, 2.75) is 57.7 Å². The summed E-state index contributed by atoms with van der Waals surface area (Å²) in [6.45, 7) is 1.52. The van der Waals surface area contributed by atoms with Gasteiger partial charge in [0.25, 0.3) is 0 Å². The molecule has 2 amide bonds. The molecule has 1 N–H and O–H groups in total. The summed E-state index contributed by atoms with van der Waals surface area (Å²) in [6, 6.07) is 13.4. The summed E-state index contributed by atoms with van der Waals surface area (Å²) in [5.41, 5.74) is 1.02. The molecule has 1 saturated carbocycles. The topological polar surface area (TPSA) is 105 Å². The summed E-state index contributed by atoms with van der Waals surface area (Å²) in [4.78, 5) is 28.6. The Balaban J connectivity index is 1.96. The van der Waals surface area contributed by atoms with E-state index in [0.717, 1.165) is 41.8 Å². The van der Waals surface area contributed by atoms with Gasteiger partial charge in [-0.05, 0) is 37.0 Å². The van der Waals surface area contributed by atoms with Gasteiger partial charge >= 0.3 is 0 Å². The van der Waals surface area contributed by atoms with E-state index in [-0.39, 0.29) is 29.9 Å². The van der Waals surface area contributed by atoms with E-state index >= 15 is 0 Å². The van der Waals surface area contributed by atoms with Crippen LogP contribution in [0.1, 0.15) is 44.6 Å². The molecule has 1 atom stereocenters. The van der Waals surface area contributed by atoms with Gasteiger partial charge in [0.2, 0.25) is 21.8 Å². The van der Waals surface area contributed by atoms with Crippen molar-refractivity contribution in [2.75, 3.05) is 31.3 Å². The van der Waals surface area contributed by atoms with Gasteiger partial charge in [-0.3, -0.25) is 13.9 Å². The summed E-state index contributed by atoms with van der Waals surface area (Å²) in [7, 11) is -1.00. The molecule has 2 aromatic carbocycles. The summed E-state index contributed by atoms with van der Waals surface area (Å²) in [5.74, 6) is -0.0174. The molecule has 0 heterocycles. The third kappa shape index (κ3) is 7.38. The number of hydrogen-bond acceptors (Lipinski definition) is 6. The van der Waals surface area contributed by atoms with Crippen LogP contribution >= 0.6 is 0 Å². The Morgan fingerprint density at radius 2 is 1.73 bits per heavy atom. The Kier molecular flexibility index (Phi) is 9.79. The molecule has 3 rings (SSSR count). The molecular weight excluding hydrogens is 494 g/mol. The van der Waals surface area contributed by atoms with Crippen LogP contribution < -0.4 is 19.1 Å². The highest BCUT2D eigenvalue weighted by atomic mass is 32.2. The van der Waals surface area contributed by atoms with Crippen LogP contribution in [0.4, 0.5) is 5.69 Å². The van der Waals surface area contributed by atoms with Gasteiger partial charge in [0.1, 0.15) is 24.1 Å². The van der Waals surface area contributed by atoms with Crippen LogP contribution in [0, 0.1) is 0 Å². The van der Waals surface area contributed by atoms with Crippen LogP contribution in [-0.2, 0) is 26.2 Å². The van der Waals surface area contributed by atoms with Crippen LogP contribution in [0.5, 0.6) is 11.5 Å². The largest absolute Gasteiger partial charge is 0.497 e. The standard InChI is InChI=1S/C27H37N3O6S/c1-5-23(27(32)28-21-13-9-10-14-21)29(18-20-11-7-6-8-12-20)26(31)19-30(37(4,33)34)24-17-22(35-2)15-16-25(24)36-3/h6-8,11-12,15-17,21,23H,5,9-10,13-14,18-19H2,1-4H3,(H,28,32)/t23-/m0/s1. The quantitative estimate of drug-likeness (QED) is 0.451. The van der Waals surface area contributed by atoms with E-state index in [9.17, 15) is 18.0 Å². The number of methoxy groups -OCH3 is 2. The Morgan fingerprint density at radius 3 is 2.30 bits per heavy atom. The summed E-state index contributed by atoms with van der Waals surface area (Å²) < 4.78 is 37.5. The number of nitrogens with one attached hydrogen (secondary N) is 1. The summed E-state index contributed by atoms with van der Waals surface area (Å²) in [5, 5.41) is 3.10. The lowest BCUT2D eigenvalue weighted by atomic mass is 10.1. The minimum Gasteiger partial charge on any atom is -0.497 e. The lowest BCUT2D eigenvalue weighted by Crippen LogP contribution is -2.53. The summed E-state index contributed by atoms with van der Waals surface area (Å²) >= 11 is 0. The van der Waals surface area contributed by atoms with Gasteiger partial charge in [-0.2, -0.15) is 0 Å². The molecule has 0 aromatic heterocycles. The minimum atomic E-state index is -3.90. The molecule has 0 unspecified atom stereocenters. The summed E-state index contributed by atoms with van der Waals surface area (Å²) in [6.07, 6.45) is 5.40. The Bertz CT molecular complexity index is 1170. The van der Waals surface area contributed by atoms with Crippen LogP contribution in [-0.4, -0.2) is 64.2 Å². The molecule has 1 fully saturated rings. The van der Waals surface area contributed by atoms with Crippen molar-refractivity contribution in [3.8, 4) is 11.5 Å². The fraction of sp³-hybridized carbons (Fsp3) is 0.481. The molecule has 0 radical (unpaired) electrons. The van der Waals surface area contributed by atoms with Gasteiger partial charge in [-0.25, -0.2) is 8.42 Å². The van der Waals surface area contributed by atoms with E-state index in [0.29, 0.717) is 12.2 Å². The molecule has 0 saturated heterocycles. The zero-order valence-electron chi connectivity index (χ0n) is 22.0. The number of carbonyl (C=O) groups is 2. The first-order valence-electron chi connectivity index (χ1n) is 12.5. The molecule has 0 spiro atoms. The Hall–Kier alpha value is -3.27. The van der Waals surface area contributed by atoms with Crippen molar-refractivity contribution in [3.05, 3.63) is 54.1 Å². The predicted molar refractivity (Wildman–Crippen MR) is 143 cm³/mol. The van der Waals surface area contributed by atoms with E-state index < -0.39 is 28.5 Å². The maximum absolute atomic E-state index is 13.8. The zero-order valence-corrected chi connectivity index (χ0v) is 22.8. The molecule has 37 heavy (non-hydrogen) atoms. The number of rotatable bonds is 12. The number of ether oxygens (including phenoxy) is 2. The van der Waals surface area contributed by atoms with Crippen molar-refractivity contribution < 1.29 is 27.5 Å². The second-order valence-electron chi connectivity index (χ2n) is 9.23. The van der Waals surface area contributed by atoms with Crippen LogP contribution in [0.2, 0.25) is 0 Å². The number of anilines is 1. The average molecular weight is 532 g/mol. The number of nitrogens with zero attached hydrogens (tertiary/aromatic N) is 2. The van der Waals surface area contributed by atoms with Gasteiger partial charge < -0.3 is 19.7 Å². The van der Waals surface area contributed by atoms with Gasteiger partial charge in [0.05, 0.1) is 26.2 Å². The molecule has 0 bridgehead atoms.